The third-order valence-electron chi connectivity index (χ3n) is 4.65. The van der Waals surface area contributed by atoms with Gasteiger partial charge in [-0.05, 0) is 32.2 Å². The number of hydrogen-bond donors (Lipinski definition) is 0. The Hall–Kier alpha value is -1.12. The largest absolute Gasteiger partial charge is 0.393 e. The van der Waals surface area contributed by atoms with Crippen molar-refractivity contribution in [1.29, 1.82) is 0 Å². The maximum Gasteiger partial charge on any atom is 0.140 e. The van der Waals surface area contributed by atoms with Crippen LogP contribution in [0.4, 0.5) is 0 Å². The van der Waals surface area contributed by atoms with Crippen LogP contribution in [0, 0.1) is 0 Å². The Kier molecular flexibility index (Phi) is 9.58. The number of nitrogens with zero attached hydrogens (tertiary/aromatic N) is 2. The van der Waals surface area contributed by atoms with E-state index in [9.17, 15) is 0 Å². The van der Waals surface area contributed by atoms with Crippen LogP contribution in [0.3, 0.4) is 0 Å². The maximum absolute atomic E-state index is 5.62. The van der Waals surface area contributed by atoms with E-state index in [1.54, 1.807) is 18.9 Å². The number of thioether (sulfide) groups is 1. The number of oxime groups is 1. The fourth-order valence-electron chi connectivity index (χ4n) is 2.99. The van der Waals surface area contributed by atoms with Crippen LogP contribution in [0.5, 0.6) is 0 Å². The van der Waals surface area contributed by atoms with Crippen molar-refractivity contribution in [3.8, 4) is 0 Å². The van der Waals surface area contributed by atoms with E-state index in [1.165, 1.54) is 4.90 Å². The normalized spacial score (nSPS) is 16.5. The van der Waals surface area contributed by atoms with Gasteiger partial charge in [-0.3, -0.25) is 4.90 Å². The Morgan fingerprint density at radius 3 is 2.41 bits per heavy atom. The van der Waals surface area contributed by atoms with Crippen LogP contribution in [0.25, 0.3) is 0 Å². The van der Waals surface area contributed by atoms with Crippen molar-refractivity contribution in [2.75, 3.05) is 66.1 Å². The second kappa shape index (κ2) is 11.7. The number of rotatable bonds is 11. The fraction of sp³-hybridized carbons (Fsp3) is 0.650. The predicted octanol–water partition coefficient (Wildman–Crippen LogP) is 2.90. The minimum Gasteiger partial charge on any atom is -0.393 e. The third-order valence-corrected chi connectivity index (χ3v) is 5.39. The molecule has 0 aliphatic carbocycles. The first-order valence-electron chi connectivity index (χ1n) is 9.34. The van der Waals surface area contributed by atoms with Gasteiger partial charge in [-0.1, -0.05) is 17.3 Å². The lowest BCUT2D eigenvalue weighted by Gasteiger charge is -2.41. The van der Waals surface area contributed by atoms with E-state index in [1.807, 2.05) is 0 Å². The summed E-state index contributed by atoms with van der Waals surface area (Å²) in [4.78, 5) is 9.25. The molecule has 6 nitrogen and oxygen atoms in total. The second-order valence-corrected chi connectivity index (χ2v) is 7.64. The lowest BCUT2D eigenvalue weighted by atomic mass is 9.90. The molecule has 1 aromatic carbocycles. The Bertz CT molecular complexity index is 572. The molecule has 1 aliphatic heterocycles. The quantitative estimate of drug-likeness (QED) is 0.248. The smallest absolute Gasteiger partial charge is 0.140 e. The lowest BCUT2D eigenvalue weighted by molar-refractivity contribution is 0.00654. The minimum absolute atomic E-state index is 0.262. The monoisotopic (exact) mass is 396 g/mol. The summed E-state index contributed by atoms with van der Waals surface area (Å²) in [5.41, 5.74) is 1.74. The number of morpholine rings is 1. The molecule has 0 spiro atoms. The summed E-state index contributed by atoms with van der Waals surface area (Å²) in [5.74, 6) is 0. The number of benzene rings is 1. The molecule has 0 unspecified atom stereocenters. The van der Waals surface area contributed by atoms with E-state index in [2.05, 4.69) is 54.4 Å². The molecule has 0 radical (unpaired) electrons. The average molecular weight is 397 g/mol. The number of ether oxygens (including phenoxy) is 3. The highest BCUT2D eigenvalue weighted by Gasteiger charge is 2.35. The van der Waals surface area contributed by atoms with Gasteiger partial charge in [0.1, 0.15) is 12.3 Å². The first-order valence-corrected chi connectivity index (χ1v) is 10.6. The summed E-state index contributed by atoms with van der Waals surface area (Å²) >= 11 is 1.73. The van der Waals surface area contributed by atoms with E-state index < -0.39 is 0 Å². The molecule has 2 rings (SSSR count). The Morgan fingerprint density at radius 1 is 1.11 bits per heavy atom. The zero-order valence-electron chi connectivity index (χ0n) is 16.9. The highest BCUT2D eigenvalue weighted by molar-refractivity contribution is 7.98. The standard InChI is InChI=1S/C20H32N2O4S/c1-20(2,22-9-11-24-12-10-22)19(17-5-7-18(27-4)8-6-17)21-26-16-15-25-14-13-23-3/h5-8H,9-16H2,1-4H3/b21-19-. The molecule has 0 aromatic heterocycles. The van der Waals surface area contributed by atoms with Gasteiger partial charge in [-0.2, -0.15) is 0 Å². The molecule has 152 valence electrons. The Balaban J connectivity index is 2.10. The zero-order valence-corrected chi connectivity index (χ0v) is 17.7. The summed E-state index contributed by atoms with van der Waals surface area (Å²) in [6.45, 7) is 9.69. The molecule has 1 heterocycles. The molecule has 27 heavy (non-hydrogen) atoms. The van der Waals surface area contributed by atoms with Crippen molar-refractivity contribution in [2.45, 2.75) is 24.3 Å². The van der Waals surface area contributed by atoms with Crippen molar-refractivity contribution in [2.24, 2.45) is 5.16 Å². The second-order valence-electron chi connectivity index (χ2n) is 6.77. The summed E-state index contributed by atoms with van der Waals surface area (Å²) in [6.07, 6.45) is 2.08. The first kappa shape index (κ1) is 22.2. The molecule has 0 atom stereocenters. The van der Waals surface area contributed by atoms with Crippen molar-refractivity contribution >= 4 is 17.5 Å². The molecule has 0 bridgehead atoms. The molecule has 7 heteroatoms. The summed E-state index contributed by atoms with van der Waals surface area (Å²) in [6, 6.07) is 8.48. The van der Waals surface area contributed by atoms with Crippen LogP contribution >= 0.6 is 11.8 Å². The van der Waals surface area contributed by atoms with Crippen molar-refractivity contribution in [3.05, 3.63) is 29.8 Å². The molecule has 1 aromatic rings. The van der Waals surface area contributed by atoms with Gasteiger partial charge < -0.3 is 19.0 Å². The summed E-state index contributed by atoms with van der Waals surface area (Å²) in [5, 5.41) is 4.53. The topological polar surface area (TPSA) is 52.5 Å². The first-order chi connectivity index (χ1) is 13.1. The molecule has 0 N–H and O–H groups in total. The minimum atomic E-state index is -0.262. The predicted molar refractivity (Wildman–Crippen MR) is 110 cm³/mol. The van der Waals surface area contributed by atoms with Crippen LogP contribution in [0.15, 0.2) is 34.3 Å². The molecule has 1 aliphatic rings. The van der Waals surface area contributed by atoms with Gasteiger partial charge >= 0.3 is 0 Å². The van der Waals surface area contributed by atoms with Gasteiger partial charge in [0.25, 0.3) is 0 Å². The molecule has 0 amide bonds. The average Bonchev–Trinajstić information content (AvgIpc) is 2.71. The maximum atomic E-state index is 5.62. The van der Waals surface area contributed by atoms with E-state index in [-0.39, 0.29) is 5.54 Å². The highest BCUT2D eigenvalue weighted by atomic mass is 32.2. The zero-order chi connectivity index (χ0) is 19.5. The summed E-state index contributed by atoms with van der Waals surface area (Å²) < 4.78 is 15.9. The van der Waals surface area contributed by atoms with Crippen LogP contribution in [-0.4, -0.2) is 82.2 Å². The van der Waals surface area contributed by atoms with Crippen LogP contribution < -0.4 is 0 Å². The van der Waals surface area contributed by atoms with E-state index in [0.717, 1.165) is 37.6 Å². The third kappa shape index (κ3) is 6.76. The molecule has 1 saturated heterocycles. The van der Waals surface area contributed by atoms with Crippen LogP contribution in [-0.2, 0) is 19.0 Å². The van der Waals surface area contributed by atoms with Gasteiger partial charge in [0.05, 0.1) is 38.6 Å². The van der Waals surface area contributed by atoms with Gasteiger partial charge in [0.2, 0.25) is 0 Å². The Labute approximate surface area is 167 Å². The van der Waals surface area contributed by atoms with E-state index in [4.69, 9.17) is 19.0 Å². The number of hydrogen-bond acceptors (Lipinski definition) is 7. The SMILES string of the molecule is COCCOCCO/N=C(/c1ccc(SC)cc1)C(C)(C)N1CCOCC1. The van der Waals surface area contributed by atoms with Crippen molar-refractivity contribution in [1.82, 2.24) is 4.90 Å². The van der Waals surface area contributed by atoms with Gasteiger partial charge in [0.15, 0.2) is 0 Å². The van der Waals surface area contributed by atoms with Crippen LogP contribution in [0.2, 0.25) is 0 Å². The lowest BCUT2D eigenvalue weighted by Crippen LogP contribution is -2.54. The molecular weight excluding hydrogens is 364 g/mol. The van der Waals surface area contributed by atoms with Crippen molar-refractivity contribution in [3.63, 3.8) is 0 Å². The van der Waals surface area contributed by atoms with Gasteiger partial charge in [0, 0.05) is 30.7 Å². The number of methoxy groups -OCH3 is 1. The fourth-order valence-corrected chi connectivity index (χ4v) is 3.40. The van der Waals surface area contributed by atoms with Crippen LogP contribution in [0.1, 0.15) is 19.4 Å². The van der Waals surface area contributed by atoms with Crippen molar-refractivity contribution < 1.29 is 19.0 Å². The highest BCUT2D eigenvalue weighted by Crippen LogP contribution is 2.24. The molecule has 0 saturated carbocycles. The molecular formula is C20H32N2O4S. The Morgan fingerprint density at radius 2 is 1.78 bits per heavy atom. The van der Waals surface area contributed by atoms with E-state index >= 15 is 0 Å². The summed E-state index contributed by atoms with van der Waals surface area (Å²) in [7, 11) is 1.66. The van der Waals surface area contributed by atoms with Gasteiger partial charge in [-0.15, -0.1) is 11.8 Å². The van der Waals surface area contributed by atoms with E-state index in [0.29, 0.717) is 26.4 Å². The molecule has 1 fully saturated rings. The van der Waals surface area contributed by atoms with Gasteiger partial charge in [-0.25, -0.2) is 0 Å².